The predicted octanol–water partition coefficient (Wildman–Crippen LogP) is 0.819. The van der Waals surface area contributed by atoms with E-state index in [4.69, 9.17) is 5.11 Å². The zero-order valence-corrected chi connectivity index (χ0v) is 8.43. The second-order valence-corrected chi connectivity index (χ2v) is 5.85. The Morgan fingerprint density at radius 1 is 1.46 bits per heavy atom. The summed E-state index contributed by atoms with van der Waals surface area (Å²) in [7, 11) is -3.43. The van der Waals surface area contributed by atoms with Gasteiger partial charge in [-0.3, -0.25) is 4.79 Å². The van der Waals surface area contributed by atoms with Crippen LogP contribution < -0.4 is 0 Å². The molecule has 1 fully saturated rings. The van der Waals surface area contributed by atoms with Crippen molar-refractivity contribution in [2.75, 3.05) is 5.75 Å². The lowest BCUT2D eigenvalue weighted by Gasteiger charge is -2.31. The summed E-state index contributed by atoms with van der Waals surface area (Å²) in [6.45, 7) is 1.62. The van der Waals surface area contributed by atoms with Crippen LogP contribution in [0.15, 0.2) is 0 Å². The number of carboxylic acid groups (broad SMARTS) is 1. The van der Waals surface area contributed by atoms with E-state index in [9.17, 15) is 13.2 Å². The van der Waals surface area contributed by atoms with E-state index in [0.29, 0.717) is 12.8 Å². The van der Waals surface area contributed by atoms with Gasteiger partial charge in [-0.2, -0.15) is 0 Å². The highest BCUT2D eigenvalue weighted by molar-refractivity contribution is 7.93. The number of hydrogen-bond acceptors (Lipinski definition) is 3. The van der Waals surface area contributed by atoms with E-state index in [1.807, 2.05) is 0 Å². The van der Waals surface area contributed by atoms with Crippen molar-refractivity contribution in [2.45, 2.75) is 37.4 Å². The molecule has 0 radical (unpaired) electrons. The molecule has 1 heterocycles. The average molecular weight is 206 g/mol. The first-order valence-electron chi connectivity index (χ1n) is 4.42. The highest BCUT2D eigenvalue weighted by Gasteiger charge is 2.50. The van der Waals surface area contributed by atoms with Gasteiger partial charge in [0.05, 0.1) is 5.75 Å². The molecule has 0 spiro atoms. The summed E-state index contributed by atoms with van der Waals surface area (Å²) >= 11 is 0. The Bertz CT molecular complexity index is 306. The van der Waals surface area contributed by atoms with Crippen molar-refractivity contribution in [3.8, 4) is 0 Å². The quantitative estimate of drug-likeness (QED) is 0.726. The molecule has 1 aliphatic heterocycles. The van der Waals surface area contributed by atoms with E-state index in [-0.39, 0.29) is 18.6 Å². The molecule has 0 aromatic carbocycles. The van der Waals surface area contributed by atoms with Crippen molar-refractivity contribution in [3.63, 3.8) is 0 Å². The van der Waals surface area contributed by atoms with Gasteiger partial charge < -0.3 is 5.11 Å². The molecule has 76 valence electrons. The topological polar surface area (TPSA) is 71.4 Å². The molecule has 1 atom stereocenters. The molecule has 0 bridgehead atoms. The maximum absolute atomic E-state index is 11.6. The molecule has 0 aliphatic carbocycles. The highest BCUT2D eigenvalue weighted by atomic mass is 32.2. The second kappa shape index (κ2) is 3.29. The summed E-state index contributed by atoms with van der Waals surface area (Å²) in [5.74, 6) is -1.16. The summed E-state index contributed by atoms with van der Waals surface area (Å²) in [6.07, 6.45) is 1.72. The van der Waals surface area contributed by atoms with Crippen molar-refractivity contribution in [1.82, 2.24) is 0 Å². The average Bonchev–Trinajstić information content (AvgIpc) is 2.03. The second-order valence-electron chi connectivity index (χ2n) is 3.43. The summed E-state index contributed by atoms with van der Waals surface area (Å²) in [6, 6.07) is 0. The van der Waals surface area contributed by atoms with Gasteiger partial charge in [-0.15, -0.1) is 0 Å². The van der Waals surface area contributed by atoms with Crippen molar-refractivity contribution in [1.29, 1.82) is 0 Å². The van der Waals surface area contributed by atoms with Crippen LogP contribution in [0, 0.1) is 0 Å². The van der Waals surface area contributed by atoms with Gasteiger partial charge in [0.1, 0.15) is 0 Å². The van der Waals surface area contributed by atoms with Gasteiger partial charge in [0, 0.05) is 0 Å². The maximum Gasteiger partial charge on any atom is 0.325 e. The van der Waals surface area contributed by atoms with E-state index >= 15 is 0 Å². The lowest BCUT2D eigenvalue weighted by Crippen LogP contribution is -2.49. The largest absolute Gasteiger partial charge is 0.480 e. The van der Waals surface area contributed by atoms with Gasteiger partial charge in [-0.05, 0) is 19.3 Å². The van der Waals surface area contributed by atoms with Gasteiger partial charge >= 0.3 is 5.97 Å². The van der Waals surface area contributed by atoms with Crippen molar-refractivity contribution in [2.24, 2.45) is 0 Å². The van der Waals surface area contributed by atoms with Crippen LogP contribution >= 0.6 is 0 Å². The minimum Gasteiger partial charge on any atom is -0.480 e. The Morgan fingerprint density at radius 3 is 2.38 bits per heavy atom. The number of carbonyl (C=O) groups is 1. The number of aliphatic carboxylic acids is 1. The minimum absolute atomic E-state index is 0.0210. The molecular formula is C8H14O4S. The number of rotatable bonds is 2. The van der Waals surface area contributed by atoms with Gasteiger partial charge in [0.2, 0.25) is 0 Å². The number of sulfone groups is 1. The predicted molar refractivity (Wildman–Crippen MR) is 48.3 cm³/mol. The van der Waals surface area contributed by atoms with Gasteiger partial charge in [0.15, 0.2) is 14.6 Å². The summed E-state index contributed by atoms with van der Waals surface area (Å²) < 4.78 is 21.7. The Hall–Kier alpha value is -0.580. The number of hydrogen-bond donors (Lipinski definition) is 1. The lowest BCUT2D eigenvalue weighted by atomic mass is 9.98. The standard InChI is InChI=1S/C8H14O4S/c1-2-8(7(9)10)5-3-4-6-13(8,11)12/h2-6H2,1H3,(H,9,10). The smallest absolute Gasteiger partial charge is 0.325 e. The molecule has 1 rings (SSSR count). The summed E-state index contributed by atoms with van der Waals surface area (Å²) in [5.41, 5.74) is 0. The Morgan fingerprint density at radius 2 is 2.08 bits per heavy atom. The fourth-order valence-electron chi connectivity index (χ4n) is 1.84. The molecule has 4 nitrogen and oxygen atoms in total. The molecule has 1 saturated heterocycles. The van der Waals surface area contributed by atoms with Crippen LogP contribution in [-0.2, 0) is 14.6 Å². The first-order valence-corrected chi connectivity index (χ1v) is 6.07. The molecule has 0 aromatic heterocycles. The third kappa shape index (κ3) is 1.45. The minimum atomic E-state index is -3.43. The first-order chi connectivity index (χ1) is 5.96. The molecule has 0 aromatic rings. The molecule has 0 saturated carbocycles. The number of carboxylic acids is 1. The Labute approximate surface area is 77.9 Å². The van der Waals surface area contributed by atoms with Crippen LogP contribution in [0.2, 0.25) is 0 Å². The normalized spacial score (nSPS) is 32.7. The van der Waals surface area contributed by atoms with Gasteiger partial charge in [-0.1, -0.05) is 13.3 Å². The van der Waals surface area contributed by atoms with Crippen LogP contribution in [0.3, 0.4) is 0 Å². The van der Waals surface area contributed by atoms with E-state index < -0.39 is 20.6 Å². The molecule has 1 N–H and O–H groups in total. The fraction of sp³-hybridized carbons (Fsp3) is 0.875. The molecule has 0 amide bonds. The monoisotopic (exact) mass is 206 g/mol. The van der Waals surface area contributed by atoms with Crippen LogP contribution in [0.4, 0.5) is 0 Å². The SMILES string of the molecule is CCC1(C(=O)O)CCCCS1(=O)=O. The van der Waals surface area contributed by atoms with Gasteiger partial charge in [-0.25, -0.2) is 8.42 Å². The van der Waals surface area contributed by atoms with Crippen LogP contribution in [-0.4, -0.2) is 30.0 Å². The van der Waals surface area contributed by atoms with Crippen LogP contribution in [0.25, 0.3) is 0 Å². The molecule has 1 unspecified atom stereocenters. The summed E-state index contributed by atoms with van der Waals surface area (Å²) in [5, 5.41) is 8.95. The molecular weight excluding hydrogens is 192 g/mol. The third-order valence-electron chi connectivity index (χ3n) is 2.80. The zero-order chi connectivity index (χ0) is 10.1. The fourth-order valence-corrected chi connectivity index (χ4v) is 3.98. The van der Waals surface area contributed by atoms with E-state index in [1.54, 1.807) is 6.92 Å². The Balaban J connectivity index is 3.15. The zero-order valence-electron chi connectivity index (χ0n) is 7.62. The van der Waals surface area contributed by atoms with E-state index in [1.165, 1.54) is 0 Å². The van der Waals surface area contributed by atoms with Crippen molar-refractivity contribution >= 4 is 15.8 Å². The van der Waals surface area contributed by atoms with Crippen LogP contribution in [0.1, 0.15) is 32.6 Å². The third-order valence-corrected chi connectivity index (χ3v) is 5.48. The van der Waals surface area contributed by atoms with Crippen LogP contribution in [0.5, 0.6) is 0 Å². The molecule has 13 heavy (non-hydrogen) atoms. The molecule has 5 heteroatoms. The Kier molecular flexibility index (Phi) is 2.66. The lowest BCUT2D eigenvalue weighted by molar-refractivity contribution is -0.140. The summed E-state index contributed by atoms with van der Waals surface area (Å²) in [4.78, 5) is 10.9. The van der Waals surface area contributed by atoms with E-state index in [0.717, 1.165) is 0 Å². The first kappa shape index (κ1) is 10.5. The van der Waals surface area contributed by atoms with Gasteiger partial charge in [0.25, 0.3) is 0 Å². The van der Waals surface area contributed by atoms with Crippen molar-refractivity contribution < 1.29 is 18.3 Å². The van der Waals surface area contributed by atoms with Crippen molar-refractivity contribution in [3.05, 3.63) is 0 Å². The maximum atomic E-state index is 11.6. The highest BCUT2D eigenvalue weighted by Crippen LogP contribution is 2.34. The van der Waals surface area contributed by atoms with E-state index in [2.05, 4.69) is 0 Å². The molecule has 1 aliphatic rings.